The number of carbonyl (C=O) groups is 2. The van der Waals surface area contributed by atoms with Gasteiger partial charge in [-0.05, 0) is 56.7 Å². The molecule has 6 heteroatoms. The number of hydrogen-bond donors (Lipinski definition) is 0. The van der Waals surface area contributed by atoms with E-state index in [0.717, 1.165) is 22.2 Å². The maximum atomic E-state index is 13.2. The first-order chi connectivity index (χ1) is 13.9. The summed E-state index contributed by atoms with van der Waals surface area (Å²) >= 11 is 3.46. The van der Waals surface area contributed by atoms with Gasteiger partial charge >= 0.3 is 0 Å². The van der Waals surface area contributed by atoms with Crippen LogP contribution in [0.5, 0.6) is 0 Å². The lowest BCUT2D eigenvalue weighted by Gasteiger charge is -2.25. The Morgan fingerprint density at radius 2 is 1.79 bits per heavy atom. The van der Waals surface area contributed by atoms with Crippen molar-refractivity contribution in [3.8, 4) is 0 Å². The molecule has 0 atom stereocenters. The quantitative estimate of drug-likeness (QED) is 0.525. The summed E-state index contributed by atoms with van der Waals surface area (Å²) in [6.45, 7) is 7.64. The number of likely N-dealkylation sites (N-methyl/N-ethyl adjacent to an activating group) is 1. The summed E-state index contributed by atoms with van der Waals surface area (Å²) in [6.07, 6.45) is 0. The number of fused-ring (bicyclic) bond motifs is 3. The van der Waals surface area contributed by atoms with E-state index in [1.807, 2.05) is 24.3 Å². The zero-order valence-electron chi connectivity index (χ0n) is 16.7. The second-order valence-electron chi connectivity index (χ2n) is 7.29. The number of amides is 2. The fourth-order valence-corrected chi connectivity index (χ4v) is 4.28. The molecule has 0 bridgehead atoms. The highest BCUT2D eigenvalue weighted by Gasteiger charge is 2.39. The maximum absolute atomic E-state index is 13.2. The number of aromatic nitrogens is 1. The molecule has 1 aliphatic heterocycles. The Balaban J connectivity index is 1.65. The average Bonchev–Trinajstić information content (AvgIpc) is 2.95. The van der Waals surface area contributed by atoms with Crippen molar-refractivity contribution < 1.29 is 9.59 Å². The smallest absolute Gasteiger partial charge is 0.263 e. The molecule has 1 aliphatic rings. The lowest BCUT2D eigenvalue weighted by molar-refractivity contribution is 0.0658. The van der Waals surface area contributed by atoms with Gasteiger partial charge in [-0.2, -0.15) is 0 Å². The number of nitrogens with zero attached hydrogens (tertiary/aromatic N) is 3. The first kappa shape index (κ1) is 19.6. The average molecular weight is 452 g/mol. The number of hydrogen-bond acceptors (Lipinski definition) is 4. The van der Waals surface area contributed by atoms with Crippen LogP contribution in [0.4, 0.5) is 5.69 Å². The number of aryl methyl sites for hydroxylation is 2. The third kappa shape index (κ3) is 3.42. The van der Waals surface area contributed by atoms with Crippen molar-refractivity contribution in [1.29, 1.82) is 0 Å². The van der Waals surface area contributed by atoms with E-state index in [2.05, 4.69) is 57.9 Å². The summed E-state index contributed by atoms with van der Waals surface area (Å²) in [4.78, 5) is 34.4. The Hall–Kier alpha value is -2.73. The molecule has 29 heavy (non-hydrogen) atoms. The zero-order valence-corrected chi connectivity index (χ0v) is 18.3. The van der Waals surface area contributed by atoms with E-state index >= 15 is 0 Å². The number of pyridine rings is 1. The van der Waals surface area contributed by atoms with Gasteiger partial charge in [0, 0.05) is 35.2 Å². The molecule has 148 valence electrons. The molecule has 0 unspecified atom stereocenters. The minimum absolute atomic E-state index is 0.237. The van der Waals surface area contributed by atoms with Gasteiger partial charge < -0.3 is 4.90 Å². The third-order valence-corrected chi connectivity index (χ3v) is 5.88. The summed E-state index contributed by atoms with van der Waals surface area (Å²) in [6, 6.07) is 13.9. The van der Waals surface area contributed by atoms with Gasteiger partial charge in [0.1, 0.15) is 0 Å². The molecular weight excluding hydrogens is 430 g/mol. The molecular formula is C23H22BrN3O2. The minimum Gasteiger partial charge on any atom is -0.370 e. The zero-order chi connectivity index (χ0) is 20.7. The van der Waals surface area contributed by atoms with Crippen LogP contribution in [0.3, 0.4) is 0 Å². The molecule has 0 spiro atoms. The Morgan fingerprint density at radius 3 is 2.52 bits per heavy atom. The van der Waals surface area contributed by atoms with Crippen molar-refractivity contribution >= 4 is 44.3 Å². The van der Waals surface area contributed by atoms with Crippen LogP contribution >= 0.6 is 15.9 Å². The predicted molar refractivity (Wildman–Crippen MR) is 119 cm³/mol. The number of anilines is 1. The monoisotopic (exact) mass is 451 g/mol. The van der Waals surface area contributed by atoms with Crippen molar-refractivity contribution in [2.45, 2.75) is 20.8 Å². The lowest BCUT2D eigenvalue weighted by atomic mass is 10.0. The van der Waals surface area contributed by atoms with E-state index in [0.29, 0.717) is 35.3 Å². The minimum atomic E-state index is -0.253. The van der Waals surface area contributed by atoms with Gasteiger partial charge in [0.25, 0.3) is 11.8 Å². The standard InChI is InChI=1S/C23H22BrN3O2/c1-4-26(17-7-5-6-14(2)12-17)10-11-27-22(28)20-15(3)25-19-9-8-16(24)13-18(19)21(20)23(27)29/h5-9,12-13H,4,10-11H2,1-3H3. The number of benzene rings is 2. The highest BCUT2D eigenvalue weighted by Crippen LogP contribution is 2.32. The fraction of sp³-hybridized carbons (Fsp3) is 0.261. The summed E-state index contributed by atoms with van der Waals surface area (Å²) < 4.78 is 0.855. The van der Waals surface area contributed by atoms with Gasteiger partial charge in [0.15, 0.2) is 0 Å². The molecule has 0 N–H and O–H groups in total. The first-order valence-electron chi connectivity index (χ1n) is 9.68. The molecule has 2 heterocycles. The van der Waals surface area contributed by atoms with Crippen LogP contribution in [0.2, 0.25) is 0 Å². The van der Waals surface area contributed by atoms with Crippen LogP contribution in [0.15, 0.2) is 46.9 Å². The molecule has 2 amide bonds. The Labute approximate surface area is 178 Å². The van der Waals surface area contributed by atoms with E-state index < -0.39 is 0 Å². The van der Waals surface area contributed by atoms with Gasteiger partial charge in [0.05, 0.1) is 22.3 Å². The first-order valence-corrected chi connectivity index (χ1v) is 10.5. The van der Waals surface area contributed by atoms with Crippen LogP contribution < -0.4 is 4.90 Å². The molecule has 5 nitrogen and oxygen atoms in total. The maximum Gasteiger partial charge on any atom is 0.263 e. The predicted octanol–water partition coefficient (Wildman–Crippen LogP) is 4.74. The van der Waals surface area contributed by atoms with Crippen molar-refractivity contribution in [2.24, 2.45) is 0 Å². The number of rotatable bonds is 5. The Kier molecular flexibility index (Phi) is 5.13. The summed E-state index contributed by atoms with van der Waals surface area (Å²) in [5, 5.41) is 0.715. The van der Waals surface area contributed by atoms with Crippen LogP contribution in [0, 0.1) is 13.8 Å². The van der Waals surface area contributed by atoms with Crippen molar-refractivity contribution in [1.82, 2.24) is 9.88 Å². The van der Waals surface area contributed by atoms with Gasteiger partial charge in [-0.25, -0.2) is 0 Å². The molecule has 2 aromatic carbocycles. The molecule has 4 rings (SSSR count). The number of carbonyl (C=O) groups excluding carboxylic acids is 2. The lowest BCUT2D eigenvalue weighted by Crippen LogP contribution is -2.38. The van der Waals surface area contributed by atoms with Crippen LogP contribution in [-0.4, -0.2) is 41.3 Å². The molecule has 1 aromatic heterocycles. The molecule has 0 saturated heterocycles. The van der Waals surface area contributed by atoms with Gasteiger partial charge in [-0.1, -0.05) is 28.1 Å². The van der Waals surface area contributed by atoms with Gasteiger partial charge in [-0.3, -0.25) is 19.5 Å². The SMILES string of the molecule is CCN(CCN1C(=O)c2c(C)nc3ccc(Br)cc3c2C1=O)c1cccc(C)c1. The van der Waals surface area contributed by atoms with E-state index in [1.165, 1.54) is 10.5 Å². The largest absolute Gasteiger partial charge is 0.370 e. The topological polar surface area (TPSA) is 53.5 Å². The summed E-state index contributed by atoms with van der Waals surface area (Å²) in [5.41, 5.74) is 4.50. The van der Waals surface area contributed by atoms with E-state index in [1.54, 1.807) is 6.92 Å². The third-order valence-electron chi connectivity index (χ3n) is 5.39. The van der Waals surface area contributed by atoms with E-state index in [-0.39, 0.29) is 11.8 Å². The van der Waals surface area contributed by atoms with Gasteiger partial charge in [0.2, 0.25) is 0 Å². The number of halogens is 1. The summed E-state index contributed by atoms with van der Waals surface area (Å²) in [7, 11) is 0. The number of imide groups is 1. The van der Waals surface area contributed by atoms with Crippen LogP contribution in [0.1, 0.15) is 38.9 Å². The van der Waals surface area contributed by atoms with E-state index in [4.69, 9.17) is 0 Å². The van der Waals surface area contributed by atoms with Crippen LogP contribution in [0.25, 0.3) is 10.9 Å². The molecule has 0 saturated carbocycles. The molecule has 0 aliphatic carbocycles. The second-order valence-corrected chi connectivity index (χ2v) is 8.20. The summed E-state index contributed by atoms with van der Waals surface area (Å²) in [5.74, 6) is -0.490. The van der Waals surface area contributed by atoms with Crippen LogP contribution in [-0.2, 0) is 0 Å². The van der Waals surface area contributed by atoms with E-state index in [9.17, 15) is 9.59 Å². The van der Waals surface area contributed by atoms with Gasteiger partial charge in [-0.15, -0.1) is 0 Å². The van der Waals surface area contributed by atoms with Crippen molar-refractivity contribution in [2.75, 3.05) is 24.5 Å². The van der Waals surface area contributed by atoms with Crippen molar-refractivity contribution in [3.63, 3.8) is 0 Å². The Morgan fingerprint density at radius 1 is 1.03 bits per heavy atom. The highest BCUT2D eigenvalue weighted by atomic mass is 79.9. The molecule has 0 radical (unpaired) electrons. The molecule has 3 aromatic rings. The van der Waals surface area contributed by atoms with Crippen molar-refractivity contribution in [3.05, 3.63) is 69.3 Å². The Bertz CT molecular complexity index is 1140. The molecule has 0 fully saturated rings. The second kappa shape index (κ2) is 7.59. The highest BCUT2D eigenvalue weighted by molar-refractivity contribution is 9.10. The fourth-order valence-electron chi connectivity index (χ4n) is 3.92. The normalized spacial score (nSPS) is 13.3.